The van der Waals surface area contributed by atoms with Crippen LogP contribution in [0.5, 0.6) is 5.75 Å². The third-order valence-electron chi connectivity index (χ3n) is 1.97. The lowest BCUT2D eigenvalue weighted by Crippen LogP contribution is -1.93. The molecule has 0 amide bonds. The quantitative estimate of drug-likeness (QED) is 0.628. The average molecular weight is 175 g/mol. The van der Waals surface area contributed by atoms with E-state index in [0.29, 0.717) is 17.4 Å². The van der Waals surface area contributed by atoms with Gasteiger partial charge in [0.25, 0.3) is 0 Å². The Kier molecular flexibility index (Phi) is 2.92. The fraction of sp³-hybridized carbons (Fsp3) is 0.364. The maximum absolute atomic E-state index is 6.97. The number of nitrogens with zero attached hydrogens (tertiary/aromatic N) is 1. The summed E-state index contributed by atoms with van der Waals surface area (Å²) in [6, 6.07) is 5.67. The lowest BCUT2D eigenvalue weighted by molar-refractivity contribution is 0.410. The highest BCUT2D eigenvalue weighted by atomic mass is 16.5. The summed E-state index contributed by atoms with van der Waals surface area (Å²) in [5, 5.41) is 0. The van der Waals surface area contributed by atoms with Crippen LogP contribution in [-0.2, 0) is 0 Å². The number of para-hydroxylation sites is 1. The minimum Gasteiger partial charge on any atom is -0.507 e. The summed E-state index contributed by atoms with van der Waals surface area (Å²) in [7, 11) is 1.61. The predicted octanol–water partition coefficient (Wildman–Crippen LogP) is 3.37. The third kappa shape index (κ3) is 1.81. The second kappa shape index (κ2) is 3.95. The van der Waals surface area contributed by atoms with Crippen molar-refractivity contribution in [2.45, 2.75) is 19.8 Å². The molecule has 13 heavy (non-hydrogen) atoms. The van der Waals surface area contributed by atoms with Gasteiger partial charge in [0.15, 0.2) is 0 Å². The first kappa shape index (κ1) is 9.60. The Labute approximate surface area is 79.0 Å². The van der Waals surface area contributed by atoms with E-state index in [4.69, 9.17) is 11.3 Å². The summed E-state index contributed by atoms with van der Waals surface area (Å²) in [6.45, 7) is 11.1. The van der Waals surface area contributed by atoms with E-state index in [2.05, 4.69) is 18.7 Å². The second-order valence-corrected chi connectivity index (χ2v) is 3.17. The molecule has 0 unspecified atom stereocenters. The van der Waals surface area contributed by atoms with E-state index < -0.39 is 0 Å². The van der Waals surface area contributed by atoms with Crippen molar-refractivity contribution in [1.82, 2.24) is 0 Å². The molecule has 0 saturated carbocycles. The number of ether oxygens (including phenoxy) is 1. The van der Waals surface area contributed by atoms with Gasteiger partial charge < -0.3 is 4.74 Å². The first-order chi connectivity index (χ1) is 6.20. The van der Waals surface area contributed by atoms with Crippen molar-refractivity contribution < 1.29 is 4.74 Å². The Morgan fingerprint density at radius 2 is 2.08 bits per heavy atom. The molecule has 0 spiro atoms. The molecular weight excluding hydrogens is 162 g/mol. The van der Waals surface area contributed by atoms with Crippen molar-refractivity contribution in [1.29, 1.82) is 0 Å². The molecule has 0 N–H and O–H groups in total. The molecule has 0 fully saturated rings. The highest BCUT2D eigenvalue weighted by molar-refractivity contribution is 5.61. The molecule has 0 bridgehead atoms. The molecule has 0 aromatic heterocycles. The van der Waals surface area contributed by atoms with Gasteiger partial charge in [-0.25, -0.2) is 4.85 Å². The Morgan fingerprint density at radius 3 is 2.54 bits per heavy atom. The van der Waals surface area contributed by atoms with Crippen molar-refractivity contribution in [3.8, 4) is 5.75 Å². The van der Waals surface area contributed by atoms with Gasteiger partial charge in [0, 0.05) is 0 Å². The van der Waals surface area contributed by atoms with E-state index in [0.717, 1.165) is 5.56 Å². The summed E-state index contributed by atoms with van der Waals surface area (Å²) < 4.78 is 5.21. The molecule has 0 aliphatic carbocycles. The normalized spacial score (nSPS) is 9.77. The Bertz CT molecular complexity index is 336. The van der Waals surface area contributed by atoms with Gasteiger partial charge in [-0.3, -0.25) is 0 Å². The fourth-order valence-electron chi connectivity index (χ4n) is 1.31. The van der Waals surface area contributed by atoms with Crippen molar-refractivity contribution in [3.63, 3.8) is 0 Å². The van der Waals surface area contributed by atoms with Crippen LogP contribution in [0.2, 0.25) is 0 Å². The van der Waals surface area contributed by atoms with Crippen LogP contribution in [-0.4, -0.2) is 7.11 Å². The highest BCUT2D eigenvalue weighted by Gasteiger charge is 2.10. The Hall–Kier alpha value is -1.49. The van der Waals surface area contributed by atoms with Crippen LogP contribution in [0.3, 0.4) is 0 Å². The van der Waals surface area contributed by atoms with E-state index in [-0.39, 0.29) is 0 Å². The van der Waals surface area contributed by atoms with Crippen LogP contribution in [0.1, 0.15) is 25.3 Å². The number of benzene rings is 1. The van der Waals surface area contributed by atoms with E-state index in [9.17, 15) is 0 Å². The van der Waals surface area contributed by atoms with Crippen molar-refractivity contribution in [2.24, 2.45) is 0 Å². The summed E-state index contributed by atoms with van der Waals surface area (Å²) in [5.41, 5.74) is 1.68. The molecule has 1 rings (SSSR count). The molecular formula is C11H13NO. The Morgan fingerprint density at radius 1 is 1.38 bits per heavy atom. The predicted molar refractivity (Wildman–Crippen MR) is 53.3 cm³/mol. The number of rotatable bonds is 2. The summed E-state index contributed by atoms with van der Waals surface area (Å²) >= 11 is 0. The molecule has 68 valence electrons. The van der Waals surface area contributed by atoms with E-state index in [1.807, 2.05) is 12.1 Å². The highest BCUT2D eigenvalue weighted by Crippen LogP contribution is 2.35. The van der Waals surface area contributed by atoms with Gasteiger partial charge in [0.1, 0.15) is 5.75 Å². The lowest BCUT2D eigenvalue weighted by atomic mass is 10.0. The third-order valence-corrected chi connectivity index (χ3v) is 1.97. The summed E-state index contributed by atoms with van der Waals surface area (Å²) in [5.74, 6) is 1.10. The smallest absolute Gasteiger partial charge is 0.228 e. The van der Waals surface area contributed by atoms with Crippen molar-refractivity contribution >= 4 is 5.69 Å². The molecule has 2 heteroatoms. The molecule has 0 radical (unpaired) electrons. The van der Waals surface area contributed by atoms with Gasteiger partial charge in [-0.05, 0) is 11.5 Å². The maximum atomic E-state index is 6.97. The summed E-state index contributed by atoms with van der Waals surface area (Å²) in [6.07, 6.45) is 0. The fourth-order valence-corrected chi connectivity index (χ4v) is 1.31. The number of hydrogen-bond donors (Lipinski definition) is 0. The first-order valence-electron chi connectivity index (χ1n) is 4.25. The molecule has 0 aliphatic rings. The van der Waals surface area contributed by atoms with E-state index in [1.54, 1.807) is 13.2 Å². The second-order valence-electron chi connectivity index (χ2n) is 3.17. The van der Waals surface area contributed by atoms with Crippen LogP contribution in [0.4, 0.5) is 5.69 Å². The maximum Gasteiger partial charge on any atom is 0.228 e. The Balaban J connectivity index is 3.29. The average Bonchev–Trinajstić information content (AvgIpc) is 2.16. The zero-order valence-corrected chi connectivity index (χ0v) is 8.16. The van der Waals surface area contributed by atoms with Crippen LogP contribution in [0.15, 0.2) is 18.2 Å². The van der Waals surface area contributed by atoms with Crippen molar-refractivity contribution in [2.75, 3.05) is 7.11 Å². The molecule has 0 saturated heterocycles. The number of hydrogen-bond acceptors (Lipinski definition) is 1. The van der Waals surface area contributed by atoms with Gasteiger partial charge in [-0.2, -0.15) is 0 Å². The largest absolute Gasteiger partial charge is 0.507 e. The topological polar surface area (TPSA) is 13.6 Å². The molecule has 0 aliphatic heterocycles. The molecule has 1 aromatic carbocycles. The molecule has 2 nitrogen and oxygen atoms in total. The van der Waals surface area contributed by atoms with Gasteiger partial charge in [-0.1, -0.05) is 32.0 Å². The van der Waals surface area contributed by atoms with Crippen LogP contribution < -0.4 is 4.74 Å². The summed E-state index contributed by atoms with van der Waals surface area (Å²) in [4.78, 5) is 3.41. The monoisotopic (exact) mass is 175 g/mol. The van der Waals surface area contributed by atoms with E-state index in [1.165, 1.54) is 0 Å². The van der Waals surface area contributed by atoms with Gasteiger partial charge in [0.2, 0.25) is 5.69 Å². The minimum atomic E-state index is 0.386. The standard InChI is InChI=1S/C11H13NO/c1-8(2)9-6-5-7-10(12-3)11(9)13-4/h5-8H,1-2,4H3. The number of methoxy groups -OCH3 is 1. The van der Waals surface area contributed by atoms with E-state index >= 15 is 0 Å². The van der Waals surface area contributed by atoms with Gasteiger partial charge >= 0.3 is 0 Å². The van der Waals surface area contributed by atoms with Crippen LogP contribution >= 0.6 is 0 Å². The minimum absolute atomic E-state index is 0.386. The SMILES string of the molecule is [C-]#[N+]c1cccc(C(C)C)c1OC. The van der Waals surface area contributed by atoms with Gasteiger partial charge in [-0.15, -0.1) is 0 Å². The van der Waals surface area contributed by atoms with Gasteiger partial charge in [0.05, 0.1) is 13.7 Å². The zero-order chi connectivity index (χ0) is 9.84. The lowest BCUT2D eigenvalue weighted by Gasteiger charge is -2.12. The van der Waals surface area contributed by atoms with Crippen molar-refractivity contribution in [3.05, 3.63) is 35.2 Å². The first-order valence-corrected chi connectivity index (χ1v) is 4.25. The molecule has 1 aromatic rings. The van der Waals surface area contributed by atoms with Crippen LogP contribution in [0, 0.1) is 6.57 Å². The van der Waals surface area contributed by atoms with Crippen LogP contribution in [0.25, 0.3) is 4.85 Å². The zero-order valence-electron chi connectivity index (χ0n) is 8.16. The molecule has 0 atom stereocenters. The molecule has 0 heterocycles.